The highest BCUT2D eigenvalue weighted by Crippen LogP contribution is 2.20. The molecule has 1 N–H and O–H groups in total. The Morgan fingerprint density at radius 2 is 1.79 bits per heavy atom. The molecule has 29 heavy (non-hydrogen) atoms. The third kappa shape index (κ3) is 5.79. The molecule has 1 aliphatic rings. The number of amides is 1. The molecule has 0 bridgehead atoms. The molecule has 2 aromatic rings. The lowest BCUT2D eigenvalue weighted by molar-refractivity contribution is 0.0954. The number of rotatable bonds is 7. The van der Waals surface area contributed by atoms with Crippen molar-refractivity contribution in [3.8, 4) is 0 Å². The smallest absolute Gasteiger partial charge is 0.252 e. The van der Waals surface area contributed by atoms with E-state index in [1.165, 1.54) is 10.4 Å². The van der Waals surface area contributed by atoms with Gasteiger partial charge in [-0.2, -0.15) is 4.31 Å². The standard InChI is InChI=1S/C18H21Cl2N5O3S/c19-14-3-4-16(20)15(13-14)17(26)21-7-2-12-29(27,28)25-10-8-24(9-11-25)18-22-5-1-6-23-18/h1,3-6,13H,2,7-12H2,(H,21,26). The van der Waals surface area contributed by atoms with Crippen molar-refractivity contribution in [2.45, 2.75) is 6.42 Å². The number of benzene rings is 1. The zero-order valence-corrected chi connectivity index (χ0v) is 17.9. The van der Waals surface area contributed by atoms with Gasteiger partial charge >= 0.3 is 0 Å². The number of halogens is 2. The van der Waals surface area contributed by atoms with E-state index in [0.717, 1.165) is 0 Å². The Morgan fingerprint density at radius 3 is 2.48 bits per heavy atom. The summed E-state index contributed by atoms with van der Waals surface area (Å²) in [5, 5.41) is 3.38. The predicted octanol–water partition coefficient (Wildman–Crippen LogP) is 2.06. The van der Waals surface area contributed by atoms with Crippen LogP contribution in [0.1, 0.15) is 16.8 Å². The van der Waals surface area contributed by atoms with Gasteiger partial charge < -0.3 is 10.2 Å². The van der Waals surface area contributed by atoms with Crippen molar-refractivity contribution >= 4 is 45.1 Å². The summed E-state index contributed by atoms with van der Waals surface area (Å²) < 4.78 is 26.6. The molecule has 1 aromatic heterocycles. The average molecular weight is 458 g/mol. The highest BCUT2D eigenvalue weighted by Gasteiger charge is 2.27. The number of piperazine rings is 1. The molecule has 0 radical (unpaired) electrons. The topological polar surface area (TPSA) is 95.5 Å². The third-order valence-corrected chi connectivity index (χ3v) is 7.03. The van der Waals surface area contributed by atoms with Crippen LogP contribution < -0.4 is 10.2 Å². The summed E-state index contributed by atoms with van der Waals surface area (Å²) in [4.78, 5) is 22.5. The van der Waals surface area contributed by atoms with Crippen molar-refractivity contribution in [1.82, 2.24) is 19.6 Å². The molecular formula is C18H21Cl2N5O3S. The van der Waals surface area contributed by atoms with E-state index >= 15 is 0 Å². The lowest BCUT2D eigenvalue weighted by atomic mass is 10.2. The first-order valence-electron chi connectivity index (χ1n) is 9.10. The summed E-state index contributed by atoms with van der Waals surface area (Å²) in [7, 11) is -3.40. The molecule has 0 spiro atoms. The fraction of sp³-hybridized carbons (Fsp3) is 0.389. The molecule has 0 atom stereocenters. The Morgan fingerprint density at radius 1 is 1.10 bits per heavy atom. The van der Waals surface area contributed by atoms with E-state index in [1.807, 2.05) is 4.90 Å². The zero-order valence-electron chi connectivity index (χ0n) is 15.6. The first kappa shape index (κ1) is 21.8. The van der Waals surface area contributed by atoms with E-state index < -0.39 is 10.0 Å². The maximum absolute atomic E-state index is 12.6. The minimum atomic E-state index is -3.40. The number of nitrogens with zero attached hydrogens (tertiary/aromatic N) is 4. The van der Waals surface area contributed by atoms with Gasteiger partial charge in [-0.3, -0.25) is 4.79 Å². The molecule has 1 amide bonds. The molecule has 2 heterocycles. The second-order valence-electron chi connectivity index (χ2n) is 6.48. The molecule has 1 aromatic carbocycles. The number of anilines is 1. The van der Waals surface area contributed by atoms with Crippen LogP contribution in [0.2, 0.25) is 10.0 Å². The van der Waals surface area contributed by atoms with Crippen molar-refractivity contribution in [3.05, 3.63) is 52.3 Å². The van der Waals surface area contributed by atoms with Crippen LogP contribution in [0, 0.1) is 0 Å². The Balaban J connectivity index is 1.44. The molecule has 0 aliphatic carbocycles. The van der Waals surface area contributed by atoms with Crippen molar-refractivity contribution < 1.29 is 13.2 Å². The van der Waals surface area contributed by atoms with Crippen LogP contribution in [-0.2, 0) is 10.0 Å². The summed E-state index contributed by atoms with van der Waals surface area (Å²) in [5.41, 5.74) is 0.265. The van der Waals surface area contributed by atoms with Crippen LogP contribution in [0.15, 0.2) is 36.7 Å². The van der Waals surface area contributed by atoms with Gasteiger partial charge in [-0.25, -0.2) is 18.4 Å². The Bertz CT molecular complexity index is 951. The average Bonchev–Trinajstić information content (AvgIpc) is 2.73. The SMILES string of the molecule is O=C(NCCCS(=O)(=O)N1CCN(c2ncccn2)CC1)c1cc(Cl)ccc1Cl. The van der Waals surface area contributed by atoms with Gasteiger partial charge in [0.15, 0.2) is 0 Å². The van der Waals surface area contributed by atoms with Gasteiger partial charge in [-0.15, -0.1) is 0 Å². The van der Waals surface area contributed by atoms with Gasteiger partial charge in [0.05, 0.1) is 16.3 Å². The van der Waals surface area contributed by atoms with E-state index in [2.05, 4.69) is 15.3 Å². The van der Waals surface area contributed by atoms with Gasteiger partial charge in [0.1, 0.15) is 0 Å². The lowest BCUT2D eigenvalue weighted by Crippen LogP contribution is -2.49. The Hall–Kier alpha value is -1.94. The molecule has 156 valence electrons. The first-order valence-corrected chi connectivity index (χ1v) is 11.5. The highest BCUT2D eigenvalue weighted by atomic mass is 35.5. The maximum atomic E-state index is 12.6. The fourth-order valence-corrected chi connectivity index (χ4v) is 4.84. The first-order chi connectivity index (χ1) is 13.9. The molecule has 3 rings (SSSR count). The van der Waals surface area contributed by atoms with Gasteiger partial charge in [-0.05, 0) is 30.7 Å². The minimum Gasteiger partial charge on any atom is -0.352 e. The van der Waals surface area contributed by atoms with Gasteiger partial charge in [0.2, 0.25) is 16.0 Å². The minimum absolute atomic E-state index is 0.0433. The number of carbonyl (C=O) groups excluding carboxylic acids is 1. The highest BCUT2D eigenvalue weighted by molar-refractivity contribution is 7.89. The Labute approximate surface area is 179 Å². The second-order valence-corrected chi connectivity index (χ2v) is 9.42. The second kappa shape index (κ2) is 9.71. The normalized spacial score (nSPS) is 15.3. The lowest BCUT2D eigenvalue weighted by Gasteiger charge is -2.33. The number of nitrogens with one attached hydrogen (secondary N) is 1. The zero-order chi connectivity index (χ0) is 20.9. The van der Waals surface area contributed by atoms with E-state index in [0.29, 0.717) is 48.6 Å². The molecule has 0 unspecified atom stereocenters. The van der Waals surface area contributed by atoms with Gasteiger partial charge in [0.25, 0.3) is 5.91 Å². The summed E-state index contributed by atoms with van der Waals surface area (Å²) in [5.74, 6) is 0.177. The number of hydrogen-bond acceptors (Lipinski definition) is 6. The van der Waals surface area contributed by atoms with Crippen molar-refractivity contribution in [2.75, 3.05) is 43.4 Å². The number of aromatic nitrogens is 2. The quantitative estimate of drug-likeness (QED) is 0.639. The van der Waals surface area contributed by atoms with Crippen LogP contribution in [-0.4, -0.2) is 67.1 Å². The number of hydrogen-bond donors (Lipinski definition) is 1. The van der Waals surface area contributed by atoms with Crippen molar-refractivity contribution in [1.29, 1.82) is 0 Å². The predicted molar refractivity (Wildman–Crippen MR) is 113 cm³/mol. The van der Waals surface area contributed by atoms with Crippen LogP contribution in [0.3, 0.4) is 0 Å². The Kier molecular flexibility index (Phi) is 7.28. The van der Waals surface area contributed by atoms with E-state index in [9.17, 15) is 13.2 Å². The summed E-state index contributed by atoms with van der Waals surface area (Å²) in [6, 6.07) is 6.36. The number of sulfonamides is 1. The van der Waals surface area contributed by atoms with Crippen LogP contribution in [0.5, 0.6) is 0 Å². The van der Waals surface area contributed by atoms with Crippen LogP contribution in [0.25, 0.3) is 0 Å². The molecule has 1 aliphatic heterocycles. The van der Waals surface area contributed by atoms with Crippen LogP contribution >= 0.6 is 23.2 Å². The van der Waals surface area contributed by atoms with Crippen LogP contribution in [0.4, 0.5) is 5.95 Å². The maximum Gasteiger partial charge on any atom is 0.252 e. The van der Waals surface area contributed by atoms with Crippen molar-refractivity contribution in [2.24, 2.45) is 0 Å². The monoisotopic (exact) mass is 457 g/mol. The van der Waals surface area contributed by atoms with Crippen molar-refractivity contribution in [3.63, 3.8) is 0 Å². The largest absolute Gasteiger partial charge is 0.352 e. The fourth-order valence-electron chi connectivity index (χ4n) is 2.97. The van der Waals surface area contributed by atoms with E-state index in [-0.39, 0.29) is 23.8 Å². The molecule has 8 nitrogen and oxygen atoms in total. The molecule has 1 fully saturated rings. The molecule has 11 heteroatoms. The van der Waals surface area contributed by atoms with Gasteiger partial charge in [0, 0.05) is 50.1 Å². The summed E-state index contributed by atoms with van der Waals surface area (Å²) in [6.07, 6.45) is 3.63. The third-order valence-electron chi connectivity index (χ3n) is 4.50. The molecular weight excluding hydrogens is 437 g/mol. The van der Waals surface area contributed by atoms with E-state index in [4.69, 9.17) is 23.2 Å². The summed E-state index contributed by atoms with van der Waals surface area (Å²) >= 11 is 11.9. The van der Waals surface area contributed by atoms with E-state index in [1.54, 1.807) is 30.6 Å². The molecule has 0 saturated carbocycles. The number of carbonyl (C=O) groups is 1. The van der Waals surface area contributed by atoms with Gasteiger partial charge in [-0.1, -0.05) is 23.2 Å². The summed E-state index contributed by atoms with van der Waals surface area (Å²) in [6.45, 7) is 2.05. The molecule has 1 saturated heterocycles.